The van der Waals surface area contributed by atoms with Crippen LogP contribution in [0.1, 0.15) is 11.1 Å². The topological polar surface area (TPSA) is 59.1 Å². The van der Waals surface area contributed by atoms with Gasteiger partial charge >= 0.3 is 0 Å². The first kappa shape index (κ1) is 13.8. The molecule has 4 nitrogen and oxygen atoms in total. The Hall–Kier alpha value is -1.59. The number of rotatable bonds is 3. The summed E-state index contributed by atoms with van der Waals surface area (Å²) in [7, 11) is -3.73. The van der Waals surface area contributed by atoms with E-state index in [9.17, 15) is 8.42 Å². The highest BCUT2D eigenvalue weighted by atomic mass is 35.5. The van der Waals surface area contributed by atoms with Gasteiger partial charge in [0.05, 0.1) is 10.7 Å². The van der Waals surface area contributed by atoms with Crippen LogP contribution < -0.4 is 4.72 Å². The molecule has 0 aliphatic carbocycles. The average molecular weight is 297 g/mol. The molecular formula is C13H13ClN2O2S. The summed E-state index contributed by atoms with van der Waals surface area (Å²) in [6.45, 7) is 3.78. The van der Waals surface area contributed by atoms with Crippen molar-refractivity contribution in [1.29, 1.82) is 0 Å². The number of halogens is 1. The first-order valence-corrected chi connectivity index (χ1v) is 7.46. The number of hydrogen-bond acceptors (Lipinski definition) is 3. The molecule has 0 amide bonds. The molecule has 0 aliphatic rings. The van der Waals surface area contributed by atoms with Crippen LogP contribution in [-0.4, -0.2) is 13.4 Å². The third kappa shape index (κ3) is 2.88. The molecule has 0 atom stereocenters. The molecule has 0 aliphatic heterocycles. The van der Waals surface area contributed by atoms with Gasteiger partial charge in [-0.05, 0) is 37.1 Å². The minimum Gasteiger partial charge on any atom is -0.279 e. The third-order valence-electron chi connectivity index (χ3n) is 2.87. The second kappa shape index (κ2) is 5.19. The summed E-state index contributed by atoms with van der Waals surface area (Å²) in [6, 6.07) is 6.87. The molecule has 0 fully saturated rings. The highest BCUT2D eigenvalue weighted by Crippen LogP contribution is 2.25. The van der Waals surface area contributed by atoms with Crippen molar-refractivity contribution in [2.75, 3.05) is 4.72 Å². The molecule has 100 valence electrons. The van der Waals surface area contributed by atoms with E-state index in [1.165, 1.54) is 18.5 Å². The first-order valence-electron chi connectivity index (χ1n) is 5.60. The van der Waals surface area contributed by atoms with Crippen LogP contribution in [0.5, 0.6) is 0 Å². The average Bonchev–Trinajstić information content (AvgIpc) is 2.35. The van der Waals surface area contributed by atoms with Crippen molar-refractivity contribution in [3.8, 4) is 0 Å². The standard InChI is InChI=1S/C13H13ClN2O2S/c1-9-4-3-5-12(10(9)2)16-19(17,18)13-8-15-7-6-11(13)14/h3-8,16H,1-2H3. The van der Waals surface area contributed by atoms with Crippen LogP contribution in [0.25, 0.3) is 0 Å². The number of anilines is 1. The molecule has 1 N–H and O–H groups in total. The van der Waals surface area contributed by atoms with Gasteiger partial charge in [-0.3, -0.25) is 9.71 Å². The predicted molar refractivity (Wildman–Crippen MR) is 76.0 cm³/mol. The van der Waals surface area contributed by atoms with E-state index in [1.807, 2.05) is 19.9 Å². The minimum absolute atomic E-state index is 0.0300. The van der Waals surface area contributed by atoms with Crippen LogP contribution in [0.2, 0.25) is 5.02 Å². The van der Waals surface area contributed by atoms with Gasteiger partial charge in [-0.1, -0.05) is 23.7 Å². The SMILES string of the molecule is Cc1cccc(NS(=O)(=O)c2cnccc2Cl)c1C. The number of nitrogens with one attached hydrogen (secondary N) is 1. The molecule has 0 bridgehead atoms. The highest BCUT2D eigenvalue weighted by molar-refractivity contribution is 7.92. The quantitative estimate of drug-likeness (QED) is 0.946. The molecule has 2 aromatic rings. The van der Waals surface area contributed by atoms with Crippen molar-refractivity contribution >= 4 is 27.3 Å². The fraction of sp³-hybridized carbons (Fsp3) is 0.154. The largest absolute Gasteiger partial charge is 0.279 e. The Morgan fingerprint density at radius 1 is 1.21 bits per heavy atom. The summed E-state index contributed by atoms with van der Waals surface area (Å²) in [5.41, 5.74) is 2.43. The number of hydrogen-bond donors (Lipinski definition) is 1. The number of sulfonamides is 1. The molecular weight excluding hydrogens is 284 g/mol. The van der Waals surface area contributed by atoms with Gasteiger partial charge < -0.3 is 0 Å². The third-order valence-corrected chi connectivity index (χ3v) is 4.71. The fourth-order valence-corrected chi connectivity index (χ4v) is 3.18. The van der Waals surface area contributed by atoms with Crippen molar-refractivity contribution in [2.45, 2.75) is 18.7 Å². The number of aryl methyl sites for hydroxylation is 1. The fourth-order valence-electron chi connectivity index (χ4n) is 1.62. The normalized spacial score (nSPS) is 11.3. The Labute approximate surface area is 117 Å². The van der Waals surface area contributed by atoms with Crippen LogP contribution in [0, 0.1) is 13.8 Å². The lowest BCUT2D eigenvalue weighted by molar-refractivity contribution is 0.601. The Balaban J connectivity index is 2.43. The summed E-state index contributed by atoms with van der Waals surface area (Å²) < 4.78 is 27.0. The van der Waals surface area contributed by atoms with Gasteiger partial charge in [0.2, 0.25) is 0 Å². The maximum Gasteiger partial charge on any atom is 0.264 e. The van der Waals surface area contributed by atoms with E-state index < -0.39 is 10.0 Å². The maximum atomic E-state index is 12.3. The summed E-state index contributed by atoms with van der Waals surface area (Å²) in [5, 5.41) is 0.146. The molecule has 2 rings (SSSR count). The van der Waals surface area contributed by atoms with Crippen LogP contribution in [-0.2, 0) is 10.0 Å². The van der Waals surface area contributed by atoms with Gasteiger partial charge in [-0.15, -0.1) is 0 Å². The lowest BCUT2D eigenvalue weighted by Gasteiger charge is -2.12. The van der Waals surface area contributed by atoms with Gasteiger partial charge in [-0.2, -0.15) is 0 Å². The second-order valence-electron chi connectivity index (χ2n) is 4.16. The van der Waals surface area contributed by atoms with Crippen molar-refractivity contribution in [3.63, 3.8) is 0 Å². The van der Waals surface area contributed by atoms with Crippen LogP contribution >= 0.6 is 11.6 Å². The van der Waals surface area contributed by atoms with Crippen molar-refractivity contribution < 1.29 is 8.42 Å². The lowest BCUT2D eigenvalue weighted by Crippen LogP contribution is -2.14. The molecule has 0 saturated carbocycles. The van der Waals surface area contributed by atoms with E-state index in [0.29, 0.717) is 5.69 Å². The zero-order chi connectivity index (χ0) is 14.0. The lowest BCUT2D eigenvalue weighted by atomic mass is 10.1. The number of pyridine rings is 1. The Morgan fingerprint density at radius 3 is 2.63 bits per heavy atom. The summed E-state index contributed by atoms with van der Waals surface area (Å²) in [6.07, 6.45) is 2.68. The maximum absolute atomic E-state index is 12.3. The van der Waals surface area contributed by atoms with Crippen LogP contribution in [0.15, 0.2) is 41.6 Å². The summed E-state index contributed by atoms with van der Waals surface area (Å²) in [4.78, 5) is 3.76. The molecule has 19 heavy (non-hydrogen) atoms. The Morgan fingerprint density at radius 2 is 1.95 bits per heavy atom. The molecule has 1 aromatic carbocycles. The van der Waals surface area contributed by atoms with Gasteiger partial charge in [-0.25, -0.2) is 8.42 Å². The zero-order valence-corrected chi connectivity index (χ0v) is 12.1. The van der Waals surface area contributed by atoms with E-state index >= 15 is 0 Å². The zero-order valence-electron chi connectivity index (χ0n) is 10.5. The monoisotopic (exact) mass is 296 g/mol. The molecule has 1 aromatic heterocycles. The number of benzene rings is 1. The summed E-state index contributed by atoms with van der Waals surface area (Å²) in [5.74, 6) is 0. The van der Waals surface area contributed by atoms with Crippen molar-refractivity contribution in [1.82, 2.24) is 4.98 Å². The number of aromatic nitrogens is 1. The van der Waals surface area contributed by atoms with Crippen LogP contribution in [0.3, 0.4) is 0 Å². The Bertz CT molecular complexity index is 714. The highest BCUT2D eigenvalue weighted by Gasteiger charge is 2.19. The molecule has 0 spiro atoms. The molecule has 0 saturated heterocycles. The van der Waals surface area contributed by atoms with Gasteiger partial charge in [0.15, 0.2) is 0 Å². The molecule has 0 unspecified atom stereocenters. The molecule has 6 heteroatoms. The van der Waals surface area contributed by atoms with Gasteiger partial charge in [0.25, 0.3) is 10.0 Å². The van der Waals surface area contributed by atoms with Crippen molar-refractivity contribution in [2.24, 2.45) is 0 Å². The van der Waals surface area contributed by atoms with E-state index in [2.05, 4.69) is 9.71 Å². The van der Waals surface area contributed by atoms with Crippen LogP contribution in [0.4, 0.5) is 5.69 Å². The van der Waals surface area contributed by atoms with Gasteiger partial charge in [0, 0.05) is 12.4 Å². The minimum atomic E-state index is -3.73. The summed E-state index contributed by atoms with van der Waals surface area (Å²) >= 11 is 5.89. The van der Waals surface area contributed by atoms with E-state index in [1.54, 1.807) is 12.1 Å². The second-order valence-corrected chi connectivity index (χ2v) is 6.22. The smallest absolute Gasteiger partial charge is 0.264 e. The molecule has 1 heterocycles. The number of nitrogens with zero attached hydrogens (tertiary/aromatic N) is 1. The molecule has 0 radical (unpaired) electrons. The van der Waals surface area contributed by atoms with E-state index in [4.69, 9.17) is 11.6 Å². The van der Waals surface area contributed by atoms with Gasteiger partial charge in [0.1, 0.15) is 4.90 Å². The van der Waals surface area contributed by atoms with E-state index in [-0.39, 0.29) is 9.92 Å². The first-order chi connectivity index (χ1) is 8.92. The van der Waals surface area contributed by atoms with Crippen molar-refractivity contribution in [3.05, 3.63) is 52.8 Å². The predicted octanol–water partition coefficient (Wildman–Crippen LogP) is 3.15. The Kier molecular flexibility index (Phi) is 3.78. The van der Waals surface area contributed by atoms with E-state index in [0.717, 1.165) is 11.1 Å².